The average Bonchev–Trinajstić information content (AvgIpc) is 2.46. The van der Waals surface area contributed by atoms with E-state index in [0.29, 0.717) is 6.54 Å². The predicted octanol–water partition coefficient (Wildman–Crippen LogP) is 0.858. The first-order valence-electron chi connectivity index (χ1n) is 6.31. The molecule has 2 N–H and O–H groups in total. The summed E-state index contributed by atoms with van der Waals surface area (Å²) in [5.41, 5.74) is -0.227. The summed E-state index contributed by atoms with van der Waals surface area (Å²) in [4.78, 5) is 33.8. The molecule has 114 valence electrons. The lowest BCUT2D eigenvalue weighted by molar-refractivity contribution is -0.385. The maximum atomic E-state index is 12.0. The van der Waals surface area contributed by atoms with Crippen molar-refractivity contribution >= 4 is 17.5 Å². The van der Waals surface area contributed by atoms with Crippen molar-refractivity contribution in [1.29, 1.82) is 0 Å². The molecule has 0 saturated heterocycles. The number of amides is 2. The van der Waals surface area contributed by atoms with Crippen LogP contribution in [0.2, 0.25) is 0 Å². The first kappa shape index (κ1) is 16.4. The van der Waals surface area contributed by atoms with Gasteiger partial charge in [0.05, 0.1) is 12.0 Å². The molecule has 1 unspecified atom stereocenters. The zero-order chi connectivity index (χ0) is 16.0. The van der Waals surface area contributed by atoms with E-state index >= 15 is 0 Å². The maximum Gasteiger partial charge on any atom is 0.311 e. The molecule has 0 aliphatic heterocycles. The summed E-state index contributed by atoms with van der Waals surface area (Å²) in [7, 11) is 1.30. The molecule has 1 aromatic rings. The minimum absolute atomic E-state index is 0.0633. The van der Waals surface area contributed by atoms with Gasteiger partial charge in [-0.25, -0.2) is 0 Å². The predicted molar refractivity (Wildman–Crippen MR) is 75.3 cm³/mol. The normalized spacial score (nSPS) is 11.4. The third kappa shape index (κ3) is 4.16. The summed E-state index contributed by atoms with van der Waals surface area (Å²) < 4.78 is 4.86. The van der Waals surface area contributed by atoms with Gasteiger partial charge in [0.1, 0.15) is 6.04 Å². The van der Waals surface area contributed by atoms with Gasteiger partial charge in [-0.05, 0) is 26.0 Å². The van der Waals surface area contributed by atoms with Gasteiger partial charge in [-0.1, -0.05) is 0 Å². The van der Waals surface area contributed by atoms with Crippen LogP contribution in [0.25, 0.3) is 0 Å². The molecular formula is C13H17N3O5. The summed E-state index contributed by atoms with van der Waals surface area (Å²) in [6.45, 7) is 3.74. The second kappa shape index (κ2) is 7.22. The first-order valence-corrected chi connectivity index (χ1v) is 6.31. The summed E-state index contributed by atoms with van der Waals surface area (Å²) >= 11 is 0. The van der Waals surface area contributed by atoms with Crippen LogP contribution in [0.1, 0.15) is 24.2 Å². The lowest BCUT2D eigenvalue weighted by Gasteiger charge is -2.13. The molecule has 0 saturated carbocycles. The minimum Gasteiger partial charge on any atom is -0.490 e. The third-order valence-electron chi connectivity index (χ3n) is 2.73. The Bertz CT molecular complexity index is 559. The molecule has 8 nitrogen and oxygen atoms in total. The molecule has 21 heavy (non-hydrogen) atoms. The molecule has 1 aromatic carbocycles. The van der Waals surface area contributed by atoms with Gasteiger partial charge in [0.15, 0.2) is 5.75 Å². The number of hydrogen-bond donors (Lipinski definition) is 2. The van der Waals surface area contributed by atoms with Crippen molar-refractivity contribution in [3.8, 4) is 5.75 Å². The average molecular weight is 295 g/mol. The lowest BCUT2D eigenvalue weighted by atomic mass is 10.1. The number of nitro benzene ring substituents is 1. The first-order chi connectivity index (χ1) is 9.90. The highest BCUT2D eigenvalue weighted by molar-refractivity contribution is 5.98. The molecule has 0 bridgehead atoms. The van der Waals surface area contributed by atoms with E-state index in [1.54, 1.807) is 6.92 Å². The van der Waals surface area contributed by atoms with Gasteiger partial charge in [0.2, 0.25) is 5.91 Å². The number of rotatable bonds is 6. The standard InChI is InChI=1S/C13H17N3O5/c1-4-14-12(17)8(2)15-13(18)9-5-6-11(21-3)10(7-9)16(19)20/h5-8H,4H2,1-3H3,(H,14,17)(H,15,18). The van der Waals surface area contributed by atoms with Crippen molar-refractivity contribution in [3.05, 3.63) is 33.9 Å². The van der Waals surface area contributed by atoms with Crippen LogP contribution in [-0.2, 0) is 4.79 Å². The Kier molecular flexibility index (Phi) is 5.65. The number of carbonyl (C=O) groups is 2. The summed E-state index contributed by atoms with van der Waals surface area (Å²) in [6, 6.07) is 3.10. The summed E-state index contributed by atoms with van der Waals surface area (Å²) in [6.07, 6.45) is 0. The Labute approximate surface area is 121 Å². The van der Waals surface area contributed by atoms with Crippen LogP contribution >= 0.6 is 0 Å². The Morgan fingerprint density at radius 1 is 1.43 bits per heavy atom. The van der Waals surface area contributed by atoms with Gasteiger partial charge < -0.3 is 15.4 Å². The lowest BCUT2D eigenvalue weighted by Crippen LogP contribution is -2.44. The second-order valence-electron chi connectivity index (χ2n) is 4.23. The molecule has 0 aliphatic rings. The van der Waals surface area contributed by atoms with E-state index in [2.05, 4.69) is 10.6 Å². The van der Waals surface area contributed by atoms with E-state index in [4.69, 9.17) is 4.74 Å². The van der Waals surface area contributed by atoms with Crippen molar-refractivity contribution in [3.63, 3.8) is 0 Å². The van der Waals surface area contributed by atoms with Gasteiger partial charge >= 0.3 is 5.69 Å². The van der Waals surface area contributed by atoms with Crippen molar-refractivity contribution in [2.45, 2.75) is 19.9 Å². The number of methoxy groups -OCH3 is 1. The Balaban J connectivity index is 2.90. The highest BCUT2D eigenvalue weighted by Crippen LogP contribution is 2.27. The van der Waals surface area contributed by atoms with E-state index < -0.39 is 16.9 Å². The van der Waals surface area contributed by atoms with Gasteiger partial charge in [-0.3, -0.25) is 19.7 Å². The fraction of sp³-hybridized carbons (Fsp3) is 0.385. The van der Waals surface area contributed by atoms with Gasteiger partial charge in [-0.15, -0.1) is 0 Å². The molecule has 1 rings (SSSR count). The molecule has 0 fully saturated rings. The van der Waals surface area contributed by atoms with Crippen molar-refractivity contribution < 1.29 is 19.2 Å². The van der Waals surface area contributed by atoms with E-state index in [1.807, 2.05) is 0 Å². The van der Waals surface area contributed by atoms with Crippen LogP contribution in [0.4, 0.5) is 5.69 Å². The van der Waals surface area contributed by atoms with E-state index in [9.17, 15) is 19.7 Å². The van der Waals surface area contributed by atoms with Gasteiger partial charge in [0.25, 0.3) is 5.91 Å². The van der Waals surface area contributed by atoms with Crippen LogP contribution in [0.15, 0.2) is 18.2 Å². The highest BCUT2D eigenvalue weighted by Gasteiger charge is 2.20. The number of nitrogens with one attached hydrogen (secondary N) is 2. The molecule has 0 radical (unpaired) electrons. The molecule has 0 heterocycles. The fourth-order valence-corrected chi connectivity index (χ4v) is 1.65. The molecule has 8 heteroatoms. The van der Waals surface area contributed by atoms with Crippen LogP contribution < -0.4 is 15.4 Å². The van der Waals surface area contributed by atoms with Crippen molar-refractivity contribution in [2.75, 3.05) is 13.7 Å². The number of nitro groups is 1. The zero-order valence-corrected chi connectivity index (χ0v) is 12.0. The summed E-state index contributed by atoms with van der Waals surface area (Å²) in [5.74, 6) is -0.832. The zero-order valence-electron chi connectivity index (χ0n) is 12.0. The number of benzene rings is 1. The van der Waals surface area contributed by atoms with E-state index in [-0.39, 0.29) is 22.9 Å². The maximum absolute atomic E-state index is 12.0. The van der Waals surface area contributed by atoms with Crippen LogP contribution in [-0.4, -0.2) is 36.4 Å². The summed E-state index contributed by atoms with van der Waals surface area (Å²) in [5, 5.41) is 15.9. The largest absolute Gasteiger partial charge is 0.490 e. The minimum atomic E-state index is -0.737. The molecule has 1 atom stereocenters. The van der Waals surface area contributed by atoms with Crippen LogP contribution in [0, 0.1) is 10.1 Å². The molecule has 0 spiro atoms. The SMILES string of the molecule is CCNC(=O)C(C)NC(=O)c1ccc(OC)c([N+](=O)[O-])c1. The third-order valence-corrected chi connectivity index (χ3v) is 2.73. The van der Waals surface area contributed by atoms with E-state index in [1.165, 1.54) is 26.2 Å². The molecule has 2 amide bonds. The topological polar surface area (TPSA) is 111 Å². The smallest absolute Gasteiger partial charge is 0.311 e. The number of ether oxygens (including phenoxy) is 1. The van der Waals surface area contributed by atoms with Crippen molar-refractivity contribution in [1.82, 2.24) is 10.6 Å². The molecular weight excluding hydrogens is 278 g/mol. The molecule has 0 aliphatic carbocycles. The Morgan fingerprint density at radius 2 is 2.10 bits per heavy atom. The highest BCUT2D eigenvalue weighted by atomic mass is 16.6. The quantitative estimate of drug-likeness (QED) is 0.597. The number of nitrogens with zero attached hydrogens (tertiary/aromatic N) is 1. The van der Waals surface area contributed by atoms with Crippen LogP contribution in [0.5, 0.6) is 5.75 Å². The number of carbonyl (C=O) groups excluding carboxylic acids is 2. The number of likely N-dealkylation sites (N-methyl/N-ethyl adjacent to an activating group) is 1. The molecule has 0 aromatic heterocycles. The van der Waals surface area contributed by atoms with E-state index in [0.717, 1.165) is 6.07 Å². The monoisotopic (exact) mass is 295 g/mol. The Hall–Kier alpha value is -2.64. The van der Waals surface area contributed by atoms with Gasteiger partial charge in [0, 0.05) is 18.2 Å². The van der Waals surface area contributed by atoms with Crippen molar-refractivity contribution in [2.24, 2.45) is 0 Å². The Morgan fingerprint density at radius 3 is 2.62 bits per heavy atom. The number of hydrogen-bond acceptors (Lipinski definition) is 5. The van der Waals surface area contributed by atoms with Gasteiger partial charge in [-0.2, -0.15) is 0 Å². The fourth-order valence-electron chi connectivity index (χ4n) is 1.65. The second-order valence-corrected chi connectivity index (χ2v) is 4.23. The van der Waals surface area contributed by atoms with Crippen LogP contribution in [0.3, 0.4) is 0 Å².